The zero-order valence-corrected chi connectivity index (χ0v) is 20.2. The molecule has 0 aromatic rings. The number of aldehydes is 1. The fourth-order valence-corrected chi connectivity index (χ4v) is 3.95. The number of aliphatic imine (C=N–C) groups is 1. The van der Waals surface area contributed by atoms with E-state index in [9.17, 15) is 14.7 Å². The molecule has 8 nitrogen and oxygen atoms in total. The van der Waals surface area contributed by atoms with Crippen LogP contribution in [0.5, 0.6) is 0 Å². The summed E-state index contributed by atoms with van der Waals surface area (Å²) >= 11 is 0. The molecule has 182 valence electrons. The van der Waals surface area contributed by atoms with E-state index in [0.717, 1.165) is 57.8 Å². The van der Waals surface area contributed by atoms with Crippen LogP contribution in [-0.2, 0) is 9.59 Å². The summed E-state index contributed by atoms with van der Waals surface area (Å²) in [5, 5.41) is 13.1. The van der Waals surface area contributed by atoms with Gasteiger partial charge in [-0.15, -0.1) is 0 Å². The highest BCUT2D eigenvalue weighted by Gasteiger charge is 2.30. The molecule has 0 saturated carbocycles. The number of nitrogens with zero attached hydrogens (tertiary/aromatic N) is 2. The molecule has 4 atom stereocenters. The minimum absolute atomic E-state index is 0.0393. The number of likely N-dealkylation sites (N-methyl/N-ethyl adjacent to an activating group) is 1. The molecule has 1 amide bonds. The number of aliphatic hydroxyl groups excluding tert-OH is 1. The molecule has 31 heavy (non-hydrogen) atoms. The summed E-state index contributed by atoms with van der Waals surface area (Å²) in [6.07, 6.45) is 10.3. The predicted octanol–water partition coefficient (Wildman–Crippen LogP) is 2.18. The molecule has 8 heteroatoms. The van der Waals surface area contributed by atoms with Gasteiger partial charge in [-0.1, -0.05) is 46.0 Å². The summed E-state index contributed by atoms with van der Waals surface area (Å²) in [5.41, 5.74) is 10.2. The second kappa shape index (κ2) is 18.0. The van der Waals surface area contributed by atoms with E-state index >= 15 is 0 Å². The maximum absolute atomic E-state index is 12.2. The van der Waals surface area contributed by atoms with Gasteiger partial charge in [0.05, 0.1) is 6.04 Å². The zero-order valence-electron chi connectivity index (χ0n) is 20.2. The highest BCUT2D eigenvalue weighted by Crippen LogP contribution is 2.23. The SMILES string of the molecule is CCCCC(CCC)C[C@@H](O)C(=O)N1CCC[C@H]1C.CN[C@H](C=O)CCCN=C(N)N. The number of nitrogens with one attached hydrogen (secondary N) is 1. The largest absolute Gasteiger partial charge is 0.383 e. The number of amides is 1. The zero-order chi connectivity index (χ0) is 23.6. The smallest absolute Gasteiger partial charge is 0.251 e. The Balaban J connectivity index is 0.000000649. The normalized spacial score (nSPS) is 18.5. The molecule has 1 aliphatic heterocycles. The number of aliphatic hydroxyl groups is 1. The second-order valence-corrected chi connectivity index (χ2v) is 8.55. The summed E-state index contributed by atoms with van der Waals surface area (Å²) in [6, 6.07) is 0.224. The Morgan fingerprint density at radius 2 is 1.94 bits per heavy atom. The summed E-state index contributed by atoms with van der Waals surface area (Å²) in [5.74, 6) is 0.562. The number of carbonyl (C=O) groups excluding carboxylic acids is 2. The predicted molar refractivity (Wildman–Crippen MR) is 128 cm³/mol. The lowest BCUT2D eigenvalue weighted by atomic mass is 9.91. The van der Waals surface area contributed by atoms with Gasteiger partial charge in [-0.25, -0.2) is 0 Å². The van der Waals surface area contributed by atoms with Crippen LogP contribution in [0.2, 0.25) is 0 Å². The fraction of sp³-hybridized carbons (Fsp3) is 0.870. The van der Waals surface area contributed by atoms with E-state index in [0.29, 0.717) is 24.9 Å². The van der Waals surface area contributed by atoms with Crippen molar-refractivity contribution in [1.29, 1.82) is 0 Å². The number of hydrogen-bond donors (Lipinski definition) is 4. The average Bonchev–Trinajstić information content (AvgIpc) is 3.17. The van der Waals surface area contributed by atoms with Crippen molar-refractivity contribution in [2.75, 3.05) is 20.1 Å². The van der Waals surface area contributed by atoms with E-state index in [1.54, 1.807) is 7.05 Å². The lowest BCUT2D eigenvalue weighted by Crippen LogP contribution is -2.41. The van der Waals surface area contributed by atoms with Crippen LogP contribution >= 0.6 is 0 Å². The monoisotopic (exact) mass is 441 g/mol. The van der Waals surface area contributed by atoms with Gasteiger partial charge in [0, 0.05) is 19.1 Å². The summed E-state index contributed by atoms with van der Waals surface area (Å²) in [6.45, 7) is 7.85. The van der Waals surface area contributed by atoms with Crippen molar-refractivity contribution < 1.29 is 14.7 Å². The lowest BCUT2D eigenvalue weighted by Gasteiger charge is -2.26. The van der Waals surface area contributed by atoms with Gasteiger partial charge in [-0.3, -0.25) is 9.79 Å². The molecular weight excluding hydrogens is 394 g/mol. The Kier molecular flexibility index (Phi) is 17.0. The van der Waals surface area contributed by atoms with Crippen molar-refractivity contribution >= 4 is 18.2 Å². The van der Waals surface area contributed by atoms with Crippen LogP contribution in [0.1, 0.15) is 85.0 Å². The molecular formula is C23H47N5O3. The van der Waals surface area contributed by atoms with Crippen LogP contribution in [0.3, 0.4) is 0 Å². The lowest BCUT2D eigenvalue weighted by molar-refractivity contribution is -0.141. The quantitative estimate of drug-likeness (QED) is 0.141. The highest BCUT2D eigenvalue weighted by atomic mass is 16.3. The first-order valence-corrected chi connectivity index (χ1v) is 12.0. The third-order valence-corrected chi connectivity index (χ3v) is 5.84. The van der Waals surface area contributed by atoms with Crippen molar-refractivity contribution in [2.24, 2.45) is 22.4 Å². The Morgan fingerprint density at radius 1 is 1.23 bits per heavy atom. The highest BCUT2D eigenvalue weighted by molar-refractivity contribution is 5.81. The Bertz CT molecular complexity index is 511. The molecule has 0 aromatic heterocycles. The van der Waals surface area contributed by atoms with Crippen molar-refractivity contribution in [3.63, 3.8) is 0 Å². The number of likely N-dealkylation sites (tertiary alicyclic amines) is 1. The third-order valence-electron chi connectivity index (χ3n) is 5.84. The number of hydrogen-bond acceptors (Lipinski definition) is 5. The molecule has 1 fully saturated rings. The topological polar surface area (TPSA) is 134 Å². The molecule has 0 spiro atoms. The molecule has 0 aliphatic carbocycles. The average molecular weight is 442 g/mol. The van der Waals surface area contributed by atoms with Gasteiger partial charge < -0.3 is 31.6 Å². The van der Waals surface area contributed by atoms with Gasteiger partial charge in [-0.2, -0.15) is 0 Å². The molecule has 1 unspecified atom stereocenters. The van der Waals surface area contributed by atoms with Crippen molar-refractivity contribution in [2.45, 2.75) is 103 Å². The molecule has 0 aromatic carbocycles. The summed E-state index contributed by atoms with van der Waals surface area (Å²) in [7, 11) is 1.75. The van der Waals surface area contributed by atoms with Crippen LogP contribution < -0.4 is 16.8 Å². The first-order valence-electron chi connectivity index (χ1n) is 12.0. The number of unbranched alkanes of at least 4 members (excludes halogenated alkanes) is 1. The van der Waals surface area contributed by atoms with Gasteiger partial charge in [0.1, 0.15) is 12.4 Å². The van der Waals surface area contributed by atoms with Crippen molar-refractivity contribution in [3.05, 3.63) is 0 Å². The molecule has 1 aliphatic rings. The molecule has 0 bridgehead atoms. The van der Waals surface area contributed by atoms with Gasteiger partial charge >= 0.3 is 0 Å². The number of nitrogens with two attached hydrogens (primary N) is 2. The minimum Gasteiger partial charge on any atom is -0.383 e. The molecule has 6 N–H and O–H groups in total. The van der Waals surface area contributed by atoms with E-state index in [2.05, 4.69) is 31.1 Å². The van der Waals surface area contributed by atoms with Crippen LogP contribution in [0.4, 0.5) is 0 Å². The summed E-state index contributed by atoms with van der Waals surface area (Å²) in [4.78, 5) is 28.2. The van der Waals surface area contributed by atoms with Crippen molar-refractivity contribution in [1.82, 2.24) is 10.2 Å². The molecule has 1 saturated heterocycles. The Hall–Kier alpha value is -1.67. The standard InChI is InChI=1S/C16H31NO2.C7H16N4O/c1-4-6-10-14(8-5-2)12-15(18)16(19)17-11-7-9-13(17)3;1-10-6(5-12)3-2-4-11-7(8)9/h13-15,18H,4-12H2,1-3H3;5-6,10H,2-4H2,1H3,(H4,8,9,11)/t13-,14?,15-;6-/m10/s1. The maximum atomic E-state index is 12.2. The summed E-state index contributed by atoms with van der Waals surface area (Å²) < 4.78 is 0. The van der Waals surface area contributed by atoms with E-state index in [-0.39, 0.29) is 17.9 Å². The first-order chi connectivity index (χ1) is 14.8. The van der Waals surface area contributed by atoms with E-state index in [4.69, 9.17) is 11.5 Å². The number of carbonyl (C=O) groups is 2. The fourth-order valence-electron chi connectivity index (χ4n) is 3.95. The van der Waals surface area contributed by atoms with Crippen LogP contribution in [-0.4, -0.2) is 66.5 Å². The number of rotatable bonds is 14. The maximum Gasteiger partial charge on any atom is 0.251 e. The minimum atomic E-state index is -0.783. The van der Waals surface area contributed by atoms with Crippen molar-refractivity contribution in [3.8, 4) is 0 Å². The third kappa shape index (κ3) is 13.4. The number of guanidine groups is 1. The van der Waals surface area contributed by atoms with Gasteiger partial charge in [0.2, 0.25) is 0 Å². The second-order valence-electron chi connectivity index (χ2n) is 8.55. The van der Waals surface area contributed by atoms with E-state index < -0.39 is 6.10 Å². The molecule has 1 rings (SSSR count). The van der Waals surface area contributed by atoms with E-state index in [1.165, 1.54) is 12.8 Å². The van der Waals surface area contributed by atoms with Gasteiger partial charge in [0.15, 0.2) is 5.96 Å². The Labute approximate surface area is 189 Å². The van der Waals surface area contributed by atoms with E-state index in [1.807, 2.05) is 4.90 Å². The Morgan fingerprint density at radius 3 is 2.42 bits per heavy atom. The van der Waals surface area contributed by atoms with Crippen LogP contribution in [0, 0.1) is 5.92 Å². The molecule has 0 radical (unpaired) electrons. The van der Waals surface area contributed by atoms with Gasteiger partial charge in [0.25, 0.3) is 5.91 Å². The van der Waals surface area contributed by atoms with Crippen LogP contribution in [0.15, 0.2) is 4.99 Å². The first kappa shape index (κ1) is 29.3. The van der Waals surface area contributed by atoms with Crippen LogP contribution in [0.25, 0.3) is 0 Å². The molecule has 1 heterocycles. The van der Waals surface area contributed by atoms with Gasteiger partial charge in [-0.05, 0) is 52.0 Å².